The van der Waals surface area contributed by atoms with Crippen molar-refractivity contribution in [1.29, 1.82) is 0 Å². The maximum atomic E-state index is 13.8. The molecule has 10 nitrogen and oxygen atoms in total. The van der Waals surface area contributed by atoms with Crippen molar-refractivity contribution in [3.8, 4) is 0 Å². The predicted molar refractivity (Wildman–Crippen MR) is 190 cm³/mol. The Morgan fingerprint density at radius 3 is 2.34 bits per heavy atom. The van der Waals surface area contributed by atoms with E-state index in [1.165, 1.54) is 4.90 Å². The van der Waals surface area contributed by atoms with Crippen LogP contribution >= 0.6 is 0 Å². The number of nitrogens with zero attached hydrogens (tertiary/aromatic N) is 1. The molecule has 0 aromatic carbocycles. The van der Waals surface area contributed by atoms with Gasteiger partial charge < -0.3 is 34.8 Å². The molecule has 5 rings (SSSR count). The molecule has 1 aliphatic carbocycles. The second kappa shape index (κ2) is 17.7. The maximum Gasteiger partial charge on any atom is 0.329 e. The molecule has 2 fully saturated rings. The Morgan fingerprint density at radius 2 is 1.64 bits per heavy atom. The average molecular weight is 700 g/mol. The molecule has 4 heterocycles. The molecule has 0 aromatic heterocycles. The van der Waals surface area contributed by atoms with Crippen molar-refractivity contribution in [1.82, 2.24) is 4.90 Å². The van der Waals surface area contributed by atoms with E-state index in [0.29, 0.717) is 43.9 Å². The smallest absolute Gasteiger partial charge is 0.329 e. The number of carbonyl (C=O) groups is 3. The number of ether oxygens (including phenoxy) is 2. The molecular weight excluding hydrogens is 638 g/mol. The molecule has 2 saturated heterocycles. The van der Waals surface area contributed by atoms with Crippen LogP contribution in [0.4, 0.5) is 0 Å². The van der Waals surface area contributed by atoms with Gasteiger partial charge in [-0.25, -0.2) is 4.79 Å². The van der Waals surface area contributed by atoms with E-state index in [1.54, 1.807) is 32.1 Å². The van der Waals surface area contributed by atoms with Gasteiger partial charge in [0.05, 0.1) is 18.3 Å². The van der Waals surface area contributed by atoms with Crippen LogP contribution in [0.1, 0.15) is 106 Å². The SMILES string of the molecule is CCC1/C=C(\C)C(O)CCC(C)/C=C/C(O)C(C)C2CCC(C)C(O)(O2)C(=O)C(=O)N2CCCCC2C(=O)OC2C=CC(=CC2O)CC(C)C1. The highest BCUT2D eigenvalue weighted by molar-refractivity contribution is 6.39. The third-order valence-corrected chi connectivity index (χ3v) is 11.4. The number of amides is 1. The summed E-state index contributed by atoms with van der Waals surface area (Å²) in [4.78, 5) is 42.2. The second-order valence-electron chi connectivity index (χ2n) is 15.6. The van der Waals surface area contributed by atoms with Crippen molar-refractivity contribution in [3.63, 3.8) is 0 Å². The molecule has 0 saturated carbocycles. The van der Waals surface area contributed by atoms with Gasteiger partial charge in [-0.15, -0.1) is 0 Å². The molecular formula is C40H61NO9. The number of aliphatic hydroxyl groups is 4. The van der Waals surface area contributed by atoms with Crippen LogP contribution in [0.25, 0.3) is 0 Å². The van der Waals surface area contributed by atoms with Gasteiger partial charge in [0.25, 0.3) is 11.7 Å². The fourth-order valence-corrected chi connectivity index (χ4v) is 7.81. The highest BCUT2D eigenvalue weighted by atomic mass is 16.6. The minimum Gasteiger partial charge on any atom is -0.453 e. The molecule has 5 aliphatic rings. The van der Waals surface area contributed by atoms with Crippen molar-refractivity contribution in [3.05, 3.63) is 47.6 Å². The van der Waals surface area contributed by atoms with Crippen LogP contribution in [0.15, 0.2) is 47.6 Å². The van der Waals surface area contributed by atoms with Crippen LogP contribution in [0.3, 0.4) is 0 Å². The lowest BCUT2D eigenvalue weighted by Gasteiger charge is -2.44. The number of carbonyl (C=O) groups excluding carboxylic acids is 3. The first-order chi connectivity index (χ1) is 23.6. The number of rotatable bonds is 1. The van der Waals surface area contributed by atoms with Crippen LogP contribution < -0.4 is 0 Å². The standard InChI is InChI=1S/C40H61NO9/c1-7-29-20-25(3)21-30-14-18-36(34(44)23-30)49-39(47)31-10-8-9-19-41(31)38(46)37(45)40(48)27(5)13-17-35(50-40)28(6)33(43)16-12-24(2)11-15-32(42)26(4)22-29/h12,14,16,18,22-25,27-29,31-36,42-44,48H,7-11,13,15,17,19-21H2,1-6H3/b16-12+,26-22+. The third-order valence-electron chi connectivity index (χ3n) is 11.4. The Labute approximate surface area is 298 Å². The van der Waals surface area contributed by atoms with Gasteiger partial charge in [0.1, 0.15) is 18.2 Å². The minimum absolute atomic E-state index is 0.0864. The third kappa shape index (κ3) is 9.82. The second-order valence-corrected chi connectivity index (χ2v) is 15.6. The summed E-state index contributed by atoms with van der Waals surface area (Å²) in [5.41, 5.74) is 1.89. The van der Waals surface area contributed by atoms with E-state index >= 15 is 0 Å². The van der Waals surface area contributed by atoms with E-state index in [9.17, 15) is 34.8 Å². The number of aliphatic hydroxyl groups excluding tert-OH is 3. The van der Waals surface area contributed by atoms with Gasteiger partial charge in [0, 0.05) is 18.4 Å². The van der Waals surface area contributed by atoms with Crippen molar-refractivity contribution >= 4 is 17.7 Å². The summed E-state index contributed by atoms with van der Waals surface area (Å²) in [5.74, 6) is -5.78. The fraction of sp³-hybridized carbons (Fsp3) is 0.725. The Hall–Kier alpha value is -2.63. The molecule has 10 heteroatoms. The molecule has 0 radical (unpaired) electrons. The van der Waals surface area contributed by atoms with E-state index in [1.807, 2.05) is 26.0 Å². The lowest BCUT2D eigenvalue weighted by Crippen LogP contribution is -2.61. The predicted octanol–water partition coefficient (Wildman–Crippen LogP) is 4.94. The van der Waals surface area contributed by atoms with Gasteiger partial charge >= 0.3 is 5.97 Å². The van der Waals surface area contributed by atoms with Crippen LogP contribution in [-0.4, -0.2) is 91.9 Å². The number of allylic oxidation sites excluding steroid dienone is 4. The normalized spacial score (nSPS) is 42.1. The first-order valence-electron chi connectivity index (χ1n) is 18.9. The Kier molecular flexibility index (Phi) is 14.2. The van der Waals surface area contributed by atoms with Crippen molar-refractivity contribution in [2.45, 2.75) is 148 Å². The van der Waals surface area contributed by atoms with Gasteiger partial charge in [-0.3, -0.25) is 9.59 Å². The van der Waals surface area contributed by atoms with Gasteiger partial charge in [-0.1, -0.05) is 58.9 Å². The molecule has 4 N–H and O–H groups in total. The van der Waals surface area contributed by atoms with Gasteiger partial charge in [-0.2, -0.15) is 0 Å². The number of piperidine rings is 1. The number of fused-ring (bicyclic) bond motifs is 14. The highest BCUT2D eigenvalue weighted by Gasteiger charge is 2.53. The number of hydrogen-bond acceptors (Lipinski definition) is 9. The molecule has 12 atom stereocenters. The van der Waals surface area contributed by atoms with E-state index < -0.39 is 71.8 Å². The summed E-state index contributed by atoms with van der Waals surface area (Å²) >= 11 is 0. The van der Waals surface area contributed by atoms with Gasteiger partial charge in [0.15, 0.2) is 0 Å². The van der Waals surface area contributed by atoms with E-state index in [-0.39, 0.29) is 18.9 Å². The summed E-state index contributed by atoms with van der Waals surface area (Å²) in [6.45, 7) is 11.9. The van der Waals surface area contributed by atoms with E-state index in [0.717, 1.165) is 36.8 Å². The monoisotopic (exact) mass is 699 g/mol. The van der Waals surface area contributed by atoms with E-state index in [2.05, 4.69) is 19.9 Å². The Morgan fingerprint density at radius 1 is 0.900 bits per heavy atom. The first-order valence-corrected chi connectivity index (χ1v) is 18.9. The summed E-state index contributed by atoms with van der Waals surface area (Å²) in [6.07, 6.45) is 13.1. The van der Waals surface area contributed by atoms with Crippen molar-refractivity contribution in [2.75, 3.05) is 6.54 Å². The zero-order valence-corrected chi connectivity index (χ0v) is 30.9. The zero-order chi connectivity index (χ0) is 36.7. The first kappa shape index (κ1) is 40.1. The molecule has 0 spiro atoms. The van der Waals surface area contributed by atoms with Crippen LogP contribution in [-0.2, 0) is 23.9 Å². The Balaban J connectivity index is 1.60. The molecule has 12 unspecified atom stereocenters. The molecule has 0 aromatic rings. The minimum atomic E-state index is -2.42. The quantitative estimate of drug-likeness (QED) is 0.169. The number of esters is 1. The molecule has 1 amide bonds. The lowest BCUT2D eigenvalue weighted by atomic mass is 9.82. The molecule has 4 bridgehead atoms. The van der Waals surface area contributed by atoms with Crippen molar-refractivity contribution in [2.24, 2.45) is 29.6 Å². The summed E-state index contributed by atoms with van der Waals surface area (Å²) in [5, 5.41) is 44.7. The summed E-state index contributed by atoms with van der Waals surface area (Å²) in [6, 6.07) is -1.04. The topological polar surface area (TPSA) is 154 Å². The number of hydrogen-bond donors (Lipinski definition) is 4. The summed E-state index contributed by atoms with van der Waals surface area (Å²) < 4.78 is 11.8. The van der Waals surface area contributed by atoms with Crippen LogP contribution in [0.5, 0.6) is 0 Å². The van der Waals surface area contributed by atoms with Crippen LogP contribution in [0.2, 0.25) is 0 Å². The van der Waals surface area contributed by atoms with Gasteiger partial charge in [0.2, 0.25) is 5.79 Å². The Bertz CT molecular complexity index is 1320. The highest BCUT2D eigenvalue weighted by Crippen LogP contribution is 2.38. The summed E-state index contributed by atoms with van der Waals surface area (Å²) in [7, 11) is 0. The largest absolute Gasteiger partial charge is 0.453 e. The van der Waals surface area contributed by atoms with Crippen molar-refractivity contribution < 1.29 is 44.3 Å². The molecule has 50 heavy (non-hydrogen) atoms. The molecule has 280 valence electrons. The zero-order valence-electron chi connectivity index (χ0n) is 30.9. The average Bonchev–Trinajstić information content (AvgIpc) is 3.09. The number of ketones is 1. The maximum absolute atomic E-state index is 13.8. The van der Waals surface area contributed by atoms with Gasteiger partial charge in [-0.05, 0) is 112 Å². The number of Topliss-reactive ketones (excluding diaryl/α,β-unsaturated/α-hetero) is 1. The fourth-order valence-electron chi connectivity index (χ4n) is 7.81. The van der Waals surface area contributed by atoms with E-state index in [4.69, 9.17) is 9.47 Å². The molecule has 4 aliphatic heterocycles. The van der Waals surface area contributed by atoms with Crippen LogP contribution in [0, 0.1) is 29.6 Å². The lowest BCUT2D eigenvalue weighted by molar-refractivity contribution is -0.272.